The normalized spacial score (nSPS) is 23.9. The van der Waals surface area contributed by atoms with Crippen molar-refractivity contribution in [3.8, 4) is 5.75 Å². The smallest absolute Gasteiger partial charge is 0.126 e. The van der Waals surface area contributed by atoms with Gasteiger partial charge in [0.15, 0.2) is 0 Å². The summed E-state index contributed by atoms with van der Waals surface area (Å²) >= 11 is 6.19. The van der Waals surface area contributed by atoms with Gasteiger partial charge in [0.25, 0.3) is 0 Å². The third-order valence-corrected chi connectivity index (χ3v) is 5.23. The summed E-state index contributed by atoms with van der Waals surface area (Å²) < 4.78 is 6.46. The lowest BCUT2D eigenvalue weighted by Crippen LogP contribution is -2.51. The highest BCUT2D eigenvalue weighted by Gasteiger charge is 2.43. The predicted molar refractivity (Wildman–Crippen MR) is 87.2 cm³/mol. The van der Waals surface area contributed by atoms with E-state index in [0.717, 1.165) is 56.2 Å². The summed E-state index contributed by atoms with van der Waals surface area (Å²) in [5, 5.41) is 4.21. The molecule has 0 radical (unpaired) electrons. The Morgan fingerprint density at radius 1 is 1.29 bits per heavy atom. The molecule has 3 rings (SSSR count). The van der Waals surface area contributed by atoms with Crippen LogP contribution < -0.4 is 10.1 Å². The number of fused-ring (bicyclic) bond motifs is 1. The number of nitrogens with zero attached hydrogens (tertiary/aromatic N) is 1. The van der Waals surface area contributed by atoms with Crippen molar-refractivity contribution in [2.24, 2.45) is 0 Å². The molecule has 2 aliphatic heterocycles. The second-order valence-electron chi connectivity index (χ2n) is 6.16. The Hall–Kier alpha value is -0.770. The summed E-state index contributed by atoms with van der Waals surface area (Å²) in [4.78, 5) is 2.54. The van der Waals surface area contributed by atoms with Crippen LogP contribution in [0.25, 0.3) is 0 Å². The van der Waals surface area contributed by atoms with Crippen LogP contribution in [0.5, 0.6) is 5.75 Å². The Bertz CT molecular complexity index is 496. The Morgan fingerprint density at radius 3 is 2.67 bits per heavy atom. The topological polar surface area (TPSA) is 24.5 Å². The third kappa shape index (κ3) is 2.92. The fourth-order valence-corrected chi connectivity index (χ4v) is 3.95. The fourth-order valence-electron chi connectivity index (χ4n) is 3.79. The first-order valence-electron chi connectivity index (χ1n) is 8.10. The van der Waals surface area contributed by atoms with Crippen molar-refractivity contribution < 1.29 is 4.74 Å². The zero-order chi connectivity index (χ0) is 14.9. The molecule has 116 valence electrons. The van der Waals surface area contributed by atoms with Crippen LogP contribution in [0.4, 0.5) is 0 Å². The highest BCUT2D eigenvalue weighted by atomic mass is 35.5. The molecule has 1 spiro atoms. The average molecular weight is 309 g/mol. The van der Waals surface area contributed by atoms with Crippen molar-refractivity contribution in [3.63, 3.8) is 0 Å². The van der Waals surface area contributed by atoms with E-state index in [-0.39, 0.29) is 5.60 Å². The average Bonchev–Trinajstić information content (AvgIpc) is 2.48. The van der Waals surface area contributed by atoms with E-state index in [9.17, 15) is 0 Å². The molecule has 4 heteroatoms. The number of nitrogens with one attached hydrogen (secondary N) is 1. The number of ether oxygens (including phenoxy) is 1. The lowest BCUT2D eigenvalue weighted by Gasteiger charge is -2.47. The zero-order valence-electron chi connectivity index (χ0n) is 13.0. The number of rotatable bonds is 3. The van der Waals surface area contributed by atoms with Gasteiger partial charge in [-0.2, -0.15) is 0 Å². The summed E-state index contributed by atoms with van der Waals surface area (Å²) in [5.41, 5.74) is 1.28. The highest BCUT2D eigenvalue weighted by molar-refractivity contribution is 6.30. The number of hydrogen-bond acceptors (Lipinski definition) is 3. The highest BCUT2D eigenvalue weighted by Crippen LogP contribution is 2.46. The molecule has 1 atom stereocenters. The Labute approximate surface area is 132 Å². The maximum atomic E-state index is 6.46. The van der Waals surface area contributed by atoms with Gasteiger partial charge in [-0.05, 0) is 51.2 Å². The summed E-state index contributed by atoms with van der Waals surface area (Å²) in [7, 11) is 0. The van der Waals surface area contributed by atoms with Crippen molar-refractivity contribution in [2.45, 2.75) is 44.8 Å². The molecule has 0 aromatic heterocycles. The van der Waals surface area contributed by atoms with Crippen LogP contribution in [0.3, 0.4) is 0 Å². The first-order valence-corrected chi connectivity index (χ1v) is 8.48. The van der Waals surface area contributed by atoms with Gasteiger partial charge in [-0.15, -0.1) is 0 Å². The Kier molecular flexibility index (Phi) is 4.43. The van der Waals surface area contributed by atoms with Crippen LogP contribution in [0.1, 0.15) is 44.7 Å². The van der Waals surface area contributed by atoms with E-state index < -0.39 is 0 Å². The van der Waals surface area contributed by atoms with Gasteiger partial charge >= 0.3 is 0 Å². The van der Waals surface area contributed by atoms with Crippen molar-refractivity contribution in [1.82, 2.24) is 10.2 Å². The van der Waals surface area contributed by atoms with Gasteiger partial charge in [-0.1, -0.05) is 31.5 Å². The maximum absolute atomic E-state index is 6.46. The van der Waals surface area contributed by atoms with Gasteiger partial charge in [0, 0.05) is 23.0 Å². The third-order valence-electron chi connectivity index (χ3n) is 4.99. The Balaban J connectivity index is 1.99. The first kappa shape index (κ1) is 15.1. The molecular formula is C17H25ClN2O. The van der Waals surface area contributed by atoms with Crippen LogP contribution in [0, 0.1) is 0 Å². The van der Waals surface area contributed by atoms with E-state index in [2.05, 4.69) is 30.1 Å². The molecule has 1 aromatic rings. The predicted octanol–water partition coefficient (Wildman–Crippen LogP) is 3.63. The van der Waals surface area contributed by atoms with Crippen LogP contribution >= 0.6 is 11.6 Å². The number of hydrogen-bond donors (Lipinski definition) is 1. The molecule has 3 nitrogen and oxygen atoms in total. The molecule has 1 saturated heterocycles. The zero-order valence-corrected chi connectivity index (χ0v) is 13.7. The second-order valence-corrected chi connectivity index (χ2v) is 6.59. The van der Waals surface area contributed by atoms with Gasteiger partial charge in [0.05, 0.1) is 0 Å². The van der Waals surface area contributed by atoms with Gasteiger partial charge in [-0.25, -0.2) is 0 Å². The number of benzene rings is 1. The van der Waals surface area contributed by atoms with Crippen LogP contribution in [0.15, 0.2) is 18.2 Å². The molecule has 2 heterocycles. The minimum absolute atomic E-state index is 0.0177. The molecule has 1 unspecified atom stereocenters. The van der Waals surface area contributed by atoms with Crippen molar-refractivity contribution in [1.29, 1.82) is 0 Å². The monoisotopic (exact) mass is 308 g/mol. The van der Waals surface area contributed by atoms with E-state index >= 15 is 0 Å². The van der Waals surface area contributed by atoms with E-state index in [1.807, 2.05) is 12.1 Å². The summed E-state index contributed by atoms with van der Waals surface area (Å²) in [6.45, 7) is 8.70. The number of halogens is 1. The van der Waals surface area contributed by atoms with E-state index in [0.29, 0.717) is 6.04 Å². The summed E-state index contributed by atoms with van der Waals surface area (Å²) in [5.74, 6) is 0.993. The maximum Gasteiger partial charge on any atom is 0.126 e. The van der Waals surface area contributed by atoms with E-state index in [1.54, 1.807) is 0 Å². The minimum atomic E-state index is -0.0177. The molecule has 0 saturated carbocycles. The number of piperidine rings is 1. The molecule has 1 fully saturated rings. The van der Waals surface area contributed by atoms with Crippen molar-refractivity contribution in [3.05, 3.63) is 28.8 Å². The molecular weight excluding hydrogens is 284 g/mol. The van der Waals surface area contributed by atoms with E-state index in [4.69, 9.17) is 16.3 Å². The van der Waals surface area contributed by atoms with Crippen LogP contribution in [-0.2, 0) is 0 Å². The van der Waals surface area contributed by atoms with E-state index in [1.165, 1.54) is 5.56 Å². The summed E-state index contributed by atoms with van der Waals surface area (Å²) in [6.07, 6.45) is 3.25. The van der Waals surface area contributed by atoms with Gasteiger partial charge < -0.3 is 10.1 Å². The molecule has 2 aliphatic rings. The molecule has 0 aliphatic carbocycles. The lowest BCUT2D eigenvalue weighted by atomic mass is 9.80. The standard InChI is InChI=1S/C17H25ClN2O/c1-3-20(4-2)15-12-17(7-9-19-10-8-17)21-16-11-13(18)5-6-14(15)16/h5-6,11,15,19H,3-4,7-10,12H2,1-2H3. The van der Waals surface area contributed by atoms with Gasteiger partial charge in [0.2, 0.25) is 0 Å². The van der Waals surface area contributed by atoms with Crippen molar-refractivity contribution in [2.75, 3.05) is 26.2 Å². The quantitative estimate of drug-likeness (QED) is 0.923. The van der Waals surface area contributed by atoms with Crippen molar-refractivity contribution >= 4 is 11.6 Å². The van der Waals surface area contributed by atoms with Gasteiger partial charge in [0.1, 0.15) is 11.4 Å². The van der Waals surface area contributed by atoms with Crippen LogP contribution in [-0.4, -0.2) is 36.7 Å². The first-order chi connectivity index (χ1) is 10.2. The molecule has 0 bridgehead atoms. The SMILES string of the molecule is CCN(CC)C1CC2(CCNCC2)Oc2cc(Cl)ccc21. The largest absolute Gasteiger partial charge is 0.487 e. The lowest BCUT2D eigenvalue weighted by molar-refractivity contribution is -0.0182. The molecule has 0 amide bonds. The molecule has 21 heavy (non-hydrogen) atoms. The van der Waals surface area contributed by atoms with Crippen LogP contribution in [0.2, 0.25) is 5.02 Å². The molecule has 1 N–H and O–H groups in total. The molecule has 1 aromatic carbocycles. The minimum Gasteiger partial charge on any atom is -0.487 e. The summed E-state index contributed by atoms with van der Waals surface area (Å²) in [6, 6.07) is 6.57. The Morgan fingerprint density at radius 2 is 2.00 bits per heavy atom. The van der Waals surface area contributed by atoms with Gasteiger partial charge in [-0.3, -0.25) is 4.90 Å². The second kappa shape index (κ2) is 6.15. The fraction of sp³-hybridized carbons (Fsp3) is 0.647.